The number of urea groups is 1. The Bertz CT molecular complexity index is 1060. The molecule has 2 aromatic carbocycles. The van der Waals surface area contributed by atoms with Gasteiger partial charge in [-0.2, -0.15) is 0 Å². The molecule has 0 bridgehead atoms. The van der Waals surface area contributed by atoms with Gasteiger partial charge in [0.2, 0.25) is 0 Å². The van der Waals surface area contributed by atoms with E-state index in [0.717, 1.165) is 25.7 Å². The molecule has 1 unspecified atom stereocenters. The van der Waals surface area contributed by atoms with Gasteiger partial charge in [0.05, 0.1) is 12.2 Å². The number of halogens is 2. The number of anilines is 1. The second-order valence-electron chi connectivity index (χ2n) is 8.61. The summed E-state index contributed by atoms with van der Waals surface area (Å²) < 4.78 is 28.1. The van der Waals surface area contributed by atoms with Crippen LogP contribution >= 0.6 is 11.8 Å². The monoisotopic (exact) mass is 457 g/mol. The lowest BCUT2D eigenvalue weighted by molar-refractivity contribution is -0.123. The summed E-state index contributed by atoms with van der Waals surface area (Å²) in [7, 11) is 0. The van der Waals surface area contributed by atoms with Crippen LogP contribution in [-0.2, 0) is 16.2 Å². The molecule has 0 radical (unpaired) electrons. The van der Waals surface area contributed by atoms with Gasteiger partial charge in [0.1, 0.15) is 11.6 Å². The van der Waals surface area contributed by atoms with E-state index in [9.17, 15) is 18.4 Å². The summed E-state index contributed by atoms with van der Waals surface area (Å²) in [5.74, 6) is -0.549. The van der Waals surface area contributed by atoms with Gasteiger partial charge in [-0.15, -0.1) is 11.8 Å². The zero-order valence-electron chi connectivity index (χ0n) is 17.7. The lowest BCUT2D eigenvalue weighted by Gasteiger charge is -2.35. The van der Waals surface area contributed by atoms with Gasteiger partial charge < -0.3 is 10.2 Å². The van der Waals surface area contributed by atoms with Gasteiger partial charge in [-0.05, 0) is 48.7 Å². The Labute approximate surface area is 190 Å². The van der Waals surface area contributed by atoms with Crippen molar-refractivity contribution in [3.05, 3.63) is 65.2 Å². The highest BCUT2D eigenvalue weighted by Gasteiger charge is 2.59. The maximum absolute atomic E-state index is 14.3. The second-order valence-corrected chi connectivity index (χ2v) is 9.90. The van der Waals surface area contributed by atoms with Crippen molar-refractivity contribution < 1.29 is 18.4 Å². The molecule has 0 aromatic heterocycles. The molecule has 1 spiro atoms. The van der Waals surface area contributed by atoms with Crippen molar-refractivity contribution in [1.82, 2.24) is 10.2 Å². The Kier molecular flexibility index (Phi) is 5.57. The quantitative estimate of drug-likeness (QED) is 0.723. The van der Waals surface area contributed by atoms with Crippen molar-refractivity contribution in [3.8, 4) is 0 Å². The number of rotatable bonds is 3. The molecule has 3 aliphatic rings. The summed E-state index contributed by atoms with van der Waals surface area (Å²) in [6.07, 6.45) is 5.21. The van der Waals surface area contributed by atoms with E-state index in [1.54, 1.807) is 28.0 Å². The summed E-state index contributed by atoms with van der Waals surface area (Å²) in [5, 5.41) is 3.11. The number of carbonyl (C=O) groups excluding carboxylic acids is 2. The molecule has 1 N–H and O–H groups in total. The minimum atomic E-state index is -1.30. The van der Waals surface area contributed by atoms with Crippen LogP contribution in [0.2, 0.25) is 0 Å². The third-order valence-electron chi connectivity index (χ3n) is 6.56. The standard InChI is InChI=1S/C24H25F2N3O2S/c25-17-6-4-5-16(13-17)15-28-21-10-9-18(26)14-20(21)24(22(28)30)29(11-12-32-24)23(31)27-19-7-2-1-3-8-19/h4-6,9-10,13-14,19H,1-3,7-8,11-12,15H2,(H,27,31). The number of thioether (sulfide) groups is 1. The predicted octanol–water partition coefficient (Wildman–Crippen LogP) is 4.76. The first-order valence-corrected chi connectivity index (χ1v) is 12.1. The first-order valence-electron chi connectivity index (χ1n) is 11.1. The van der Waals surface area contributed by atoms with Crippen molar-refractivity contribution in [2.45, 2.75) is 49.6 Å². The van der Waals surface area contributed by atoms with E-state index in [1.807, 2.05) is 0 Å². The van der Waals surface area contributed by atoms with Crippen LogP contribution in [0.4, 0.5) is 19.3 Å². The van der Waals surface area contributed by atoms with Gasteiger partial charge >= 0.3 is 6.03 Å². The molecule has 1 saturated heterocycles. The van der Waals surface area contributed by atoms with Crippen LogP contribution in [0.15, 0.2) is 42.5 Å². The predicted molar refractivity (Wildman–Crippen MR) is 120 cm³/mol. The van der Waals surface area contributed by atoms with Crippen LogP contribution < -0.4 is 10.2 Å². The number of nitrogens with one attached hydrogen (secondary N) is 1. The number of carbonyl (C=O) groups is 2. The summed E-state index contributed by atoms with van der Waals surface area (Å²) in [4.78, 5) is 29.0. The molecule has 8 heteroatoms. The highest BCUT2D eigenvalue weighted by atomic mass is 32.2. The van der Waals surface area contributed by atoms with E-state index in [4.69, 9.17) is 0 Å². The van der Waals surface area contributed by atoms with Gasteiger partial charge in [-0.1, -0.05) is 31.4 Å². The normalized spacial score (nSPS) is 23.1. The molecule has 1 aliphatic carbocycles. The van der Waals surface area contributed by atoms with E-state index < -0.39 is 10.7 Å². The summed E-state index contributed by atoms with van der Waals surface area (Å²) in [5.41, 5.74) is 1.68. The van der Waals surface area contributed by atoms with Crippen LogP contribution in [0.1, 0.15) is 43.2 Å². The van der Waals surface area contributed by atoms with Crippen molar-refractivity contribution >= 4 is 29.4 Å². The first-order chi connectivity index (χ1) is 15.5. The highest BCUT2D eigenvalue weighted by molar-refractivity contribution is 8.01. The van der Waals surface area contributed by atoms with E-state index in [1.165, 1.54) is 42.4 Å². The number of hydrogen-bond acceptors (Lipinski definition) is 3. The maximum atomic E-state index is 14.3. The zero-order chi connectivity index (χ0) is 22.3. The third-order valence-corrected chi connectivity index (χ3v) is 7.98. The molecule has 168 valence electrons. The molecule has 2 aromatic rings. The van der Waals surface area contributed by atoms with Crippen LogP contribution in [0.5, 0.6) is 0 Å². The molecule has 1 atom stereocenters. The van der Waals surface area contributed by atoms with Crippen LogP contribution in [0.25, 0.3) is 0 Å². The largest absolute Gasteiger partial charge is 0.335 e. The summed E-state index contributed by atoms with van der Waals surface area (Å²) in [6.45, 7) is 0.550. The molecule has 5 nitrogen and oxygen atoms in total. The van der Waals surface area contributed by atoms with Gasteiger partial charge in [-0.3, -0.25) is 9.69 Å². The lowest BCUT2D eigenvalue weighted by Crippen LogP contribution is -2.55. The maximum Gasteiger partial charge on any atom is 0.319 e. The Hall–Kier alpha value is -2.61. The number of nitrogens with zero attached hydrogens (tertiary/aromatic N) is 2. The van der Waals surface area contributed by atoms with E-state index in [2.05, 4.69) is 5.32 Å². The van der Waals surface area contributed by atoms with Gasteiger partial charge in [0, 0.05) is 23.9 Å². The molecular formula is C24H25F2N3O2S. The van der Waals surface area contributed by atoms with E-state index in [0.29, 0.717) is 29.1 Å². The molecule has 3 amide bonds. The number of fused-ring (bicyclic) bond motifs is 2. The van der Waals surface area contributed by atoms with Crippen molar-refractivity contribution in [1.29, 1.82) is 0 Å². The molecule has 32 heavy (non-hydrogen) atoms. The van der Waals surface area contributed by atoms with Gasteiger partial charge in [0.25, 0.3) is 5.91 Å². The SMILES string of the molecule is O=C(NC1CCCCC1)N1CCSC12C(=O)N(Cc1cccc(F)c1)c1ccc(F)cc12. The fraction of sp³-hybridized carbons (Fsp3) is 0.417. The number of amides is 3. The topological polar surface area (TPSA) is 52.7 Å². The highest BCUT2D eigenvalue weighted by Crippen LogP contribution is 2.54. The van der Waals surface area contributed by atoms with Crippen LogP contribution in [0, 0.1) is 11.6 Å². The van der Waals surface area contributed by atoms with Gasteiger partial charge in [0.15, 0.2) is 4.87 Å². The first kappa shape index (κ1) is 21.2. The molecule has 1 saturated carbocycles. The fourth-order valence-corrected chi connectivity index (χ4v) is 6.51. The lowest BCUT2D eigenvalue weighted by atomic mass is 9.95. The number of benzene rings is 2. The van der Waals surface area contributed by atoms with Crippen LogP contribution in [0.3, 0.4) is 0 Å². The van der Waals surface area contributed by atoms with Crippen molar-refractivity contribution in [2.75, 3.05) is 17.2 Å². The Morgan fingerprint density at radius 1 is 1.09 bits per heavy atom. The fourth-order valence-electron chi connectivity index (χ4n) is 5.06. The van der Waals surface area contributed by atoms with E-state index >= 15 is 0 Å². The number of hydrogen-bond donors (Lipinski definition) is 1. The Morgan fingerprint density at radius 3 is 2.66 bits per heavy atom. The minimum Gasteiger partial charge on any atom is -0.335 e. The molecule has 2 heterocycles. The average molecular weight is 458 g/mol. The Balaban J connectivity index is 1.50. The second kappa shape index (κ2) is 8.39. The summed E-state index contributed by atoms with van der Waals surface area (Å²) in [6, 6.07) is 10.2. The van der Waals surface area contributed by atoms with Gasteiger partial charge in [-0.25, -0.2) is 13.6 Å². The average Bonchev–Trinajstić information content (AvgIpc) is 3.32. The van der Waals surface area contributed by atoms with Crippen molar-refractivity contribution in [3.63, 3.8) is 0 Å². The van der Waals surface area contributed by atoms with Crippen molar-refractivity contribution in [2.24, 2.45) is 0 Å². The van der Waals surface area contributed by atoms with Crippen LogP contribution in [-0.4, -0.2) is 35.2 Å². The molecular weight excluding hydrogens is 432 g/mol. The smallest absolute Gasteiger partial charge is 0.319 e. The summed E-state index contributed by atoms with van der Waals surface area (Å²) >= 11 is 1.36. The Morgan fingerprint density at radius 2 is 1.88 bits per heavy atom. The van der Waals surface area contributed by atoms with E-state index in [-0.39, 0.29) is 30.3 Å². The minimum absolute atomic E-state index is 0.103. The molecule has 5 rings (SSSR count). The third kappa shape index (κ3) is 3.54. The zero-order valence-corrected chi connectivity index (χ0v) is 18.5. The molecule has 2 fully saturated rings. The molecule has 2 aliphatic heterocycles.